The molecule has 1 N–H and O–H groups in total. The molecular weight excluding hydrogens is 435 g/mol. The maximum atomic E-state index is 13.0. The summed E-state index contributed by atoms with van der Waals surface area (Å²) < 4.78 is 40.5. The van der Waals surface area contributed by atoms with Crippen molar-refractivity contribution in [2.24, 2.45) is 0 Å². The lowest BCUT2D eigenvalue weighted by Crippen LogP contribution is -2.56. The van der Waals surface area contributed by atoms with Gasteiger partial charge in [0.05, 0.1) is 16.3 Å². The Morgan fingerprint density at radius 2 is 1.77 bits per heavy atom. The quantitative estimate of drug-likeness (QED) is 0.694. The predicted molar refractivity (Wildman–Crippen MR) is 109 cm³/mol. The Balaban J connectivity index is 0.00000289. The van der Waals surface area contributed by atoms with Crippen LogP contribution in [0.1, 0.15) is 40.8 Å². The first-order chi connectivity index (χ1) is 14.5. The Kier molecular flexibility index (Phi) is 5.29. The zero-order valence-electron chi connectivity index (χ0n) is 16.7. The number of benzene rings is 1. The monoisotopic (exact) mass is 457 g/mol. The van der Waals surface area contributed by atoms with E-state index in [2.05, 4.69) is 4.90 Å². The third-order valence-electron chi connectivity index (χ3n) is 6.41. The van der Waals surface area contributed by atoms with Crippen molar-refractivity contribution in [2.75, 3.05) is 26.7 Å². The number of halogens is 4. The second-order valence-corrected chi connectivity index (χ2v) is 8.40. The summed E-state index contributed by atoms with van der Waals surface area (Å²) in [5, 5.41) is 9.93. The number of aromatic nitrogens is 1. The summed E-state index contributed by atoms with van der Waals surface area (Å²) in [5.74, 6) is -2.26. The maximum Gasteiger partial charge on any atom is 0.456 e. The van der Waals surface area contributed by atoms with Crippen LogP contribution in [-0.2, 0) is 12.1 Å². The number of fused-ring (bicyclic) bond motifs is 2. The van der Waals surface area contributed by atoms with Gasteiger partial charge in [0.15, 0.2) is 0 Å². The smallest absolute Gasteiger partial charge is 0.456 e. The van der Waals surface area contributed by atoms with Crippen LogP contribution in [0.15, 0.2) is 30.3 Å². The van der Waals surface area contributed by atoms with E-state index < -0.39 is 17.5 Å². The van der Waals surface area contributed by atoms with Gasteiger partial charge in [0.25, 0.3) is 11.7 Å². The van der Waals surface area contributed by atoms with Crippen molar-refractivity contribution in [3.05, 3.63) is 52.3 Å². The van der Waals surface area contributed by atoms with Crippen LogP contribution in [0.5, 0.6) is 5.75 Å². The summed E-state index contributed by atoms with van der Waals surface area (Å²) in [4.78, 5) is 28.5. The molecule has 31 heavy (non-hydrogen) atoms. The molecule has 3 heterocycles. The normalized spacial score (nSPS) is 18.8. The summed E-state index contributed by atoms with van der Waals surface area (Å²) in [6.07, 6.45) is -3.90. The van der Waals surface area contributed by atoms with Gasteiger partial charge < -0.3 is 14.6 Å². The Hall–Kier alpha value is -2.52. The van der Waals surface area contributed by atoms with E-state index in [1.807, 2.05) is 7.05 Å². The number of aromatic hydroxyl groups is 1. The number of ketones is 1. The summed E-state index contributed by atoms with van der Waals surface area (Å²) in [5.41, 5.74) is 0.0906. The van der Waals surface area contributed by atoms with Crippen LogP contribution in [0.2, 0.25) is 5.02 Å². The van der Waals surface area contributed by atoms with Gasteiger partial charge in [0.1, 0.15) is 5.75 Å². The molecule has 2 aliphatic rings. The molecule has 2 aliphatic heterocycles. The number of piperidine rings is 1. The molecule has 2 aromatic rings. The number of amides is 1. The van der Waals surface area contributed by atoms with E-state index >= 15 is 0 Å². The highest BCUT2D eigenvalue weighted by atomic mass is 35.5. The first kappa shape index (κ1) is 21.7. The fourth-order valence-corrected chi connectivity index (χ4v) is 4.78. The molecule has 0 saturated carbocycles. The molecular formula is C21H23ClF3N3O3. The number of rotatable bonds is 2. The Bertz CT molecular complexity index is 1050. The molecule has 10 heteroatoms. The SMILES string of the molecule is CN1CCn2c(C(=O)C(F)(F)F)ccc2C12CCN(C(=O)c1ccc(Cl)c(O)c1)CC2.[HH]. The maximum absolute atomic E-state index is 13.0. The molecule has 168 valence electrons. The first-order valence-electron chi connectivity index (χ1n) is 9.85. The lowest BCUT2D eigenvalue weighted by atomic mass is 9.81. The van der Waals surface area contributed by atoms with Gasteiger partial charge in [-0.25, -0.2) is 0 Å². The molecule has 1 fully saturated rings. The molecule has 1 amide bonds. The summed E-state index contributed by atoms with van der Waals surface area (Å²) in [6.45, 7) is 1.57. The minimum Gasteiger partial charge on any atom is -0.506 e. The summed E-state index contributed by atoms with van der Waals surface area (Å²) >= 11 is 5.81. The van der Waals surface area contributed by atoms with Crippen molar-refractivity contribution in [1.29, 1.82) is 0 Å². The fraction of sp³-hybridized carbons (Fsp3) is 0.429. The minimum absolute atomic E-state index is 0. The summed E-state index contributed by atoms with van der Waals surface area (Å²) in [7, 11) is 1.91. The fourth-order valence-electron chi connectivity index (χ4n) is 4.66. The van der Waals surface area contributed by atoms with Gasteiger partial charge in [0.2, 0.25) is 0 Å². The Morgan fingerprint density at radius 1 is 1.10 bits per heavy atom. The number of Topliss-reactive ketones (excluding diaryl/α,β-unsaturated/α-hetero) is 1. The van der Waals surface area contributed by atoms with Gasteiger partial charge >= 0.3 is 6.18 Å². The van der Waals surface area contributed by atoms with E-state index in [0.29, 0.717) is 50.3 Å². The average molecular weight is 458 g/mol. The van der Waals surface area contributed by atoms with Crippen LogP contribution in [0.3, 0.4) is 0 Å². The van der Waals surface area contributed by atoms with Crippen LogP contribution in [0.25, 0.3) is 0 Å². The van der Waals surface area contributed by atoms with Crippen LogP contribution in [0.4, 0.5) is 13.2 Å². The number of alkyl halides is 3. The van der Waals surface area contributed by atoms with Crippen molar-refractivity contribution >= 4 is 23.3 Å². The van der Waals surface area contributed by atoms with Gasteiger partial charge in [-0.05, 0) is 50.2 Å². The van der Waals surface area contributed by atoms with E-state index in [4.69, 9.17) is 11.6 Å². The zero-order valence-corrected chi connectivity index (χ0v) is 17.5. The van der Waals surface area contributed by atoms with Crippen LogP contribution in [0, 0.1) is 0 Å². The number of likely N-dealkylation sites (tertiary alicyclic amines) is 1. The van der Waals surface area contributed by atoms with E-state index in [1.54, 1.807) is 17.0 Å². The molecule has 1 saturated heterocycles. The van der Waals surface area contributed by atoms with Crippen molar-refractivity contribution in [1.82, 2.24) is 14.4 Å². The number of hydrogen-bond acceptors (Lipinski definition) is 4. The lowest BCUT2D eigenvalue weighted by molar-refractivity contribution is -0.0892. The molecule has 0 atom stereocenters. The molecule has 0 unspecified atom stereocenters. The van der Waals surface area contributed by atoms with Gasteiger partial charge in [-0.15, -0.1) is 0 Å². The molecule has 1 aromatic carbocycles. The van der Waals surface area contributed by atoms with Crippen molar-refractivity contribution in [2.45, 2.75) is 31.1 Å². The zero-order chi connectivity index (χ0) is 22.6. The molecule has 4 rings (SSSR count). The second kappa shape index (κ2) is 7.56. The molecule has 0 radical (unpaired) electrons. The van der Waals surface area contributed by atoms with Gasteiger partial charge in [-0.1, -0.05) is 11.6 Å². The largest absolute Gasteiger partial charge is 0.506 e. The second-order valence-electron chi connectivity index (χ2n) is 7.99. The third-order valence-corrected chi connectivity index (χ3v) is 6.73. The molecule has 1 aromatic heterocycles. The average Bonchev–Trinajstić information content (AvgIpc) is 3.16. The minimum atomic E-state index is -4.93. The lowest BCUT2D eigenvalue weighted by Gasteiger charge is -2.50. The van der Waals surface area contributed by atoms with Crippen molar-refractivity contribution in [3.8, 4) is 5.75 Å². The topological polar surface area (TPSA) is 65.8 Å². The first-order valence-corrected chi connectivity index (χ1v) is 10.2. The van der Waals surface area contributed by atoms with Crippen LogP contribution in [-0.4, -0.2) is 64.0 Å². The van der Waals surface area contributed by atoms with Crippen molar-refractivity contribution in [3.63, 3.8) is 0 Å². The molecule has 0 aliphatic carbocycles. The van der Waals surface area contributed by atoms with Crippen molar-refractivity contribution < 1.29 is 29.3 Å². The highest BCUT2D eigenvalue weighted by molar-refractivity contribution is 6.32. The number of nitrogens with zero attached hydrogens (tertiary/aromatic N) is 3. The molecule has 6 nitrogen and oxygen atoms in total. The number of hydrogen-bond donors (Lipinski definition) is 1. The molecule has 0 bridgehead atoms. The van der Waals surface area contributed by atoms with E-state index in [-0.39, 0.29) is 23.8 Å². The van der Waals surface area contributed by atoms with Gasteiger partial charge in [0, 0.05) is 38.9 Å². The molecule has 1 spiro atoms. The number of carbonyl (C=O) groups is 2. The number of phenolic OH excluding ortho intramolecular Hbond substituents is 1. The van der Waals surface area contributed by atoms with E-state index in [0.717, 1.165) is 0 Å². The van der Waals surface area contributed by atoms with Gasteiger partial charge in [-0.2, -0.15) is 13.2 Å². The third kappa shape index (κ3) is 3.59. The van der Waals surface area contributed by atoms with E-state index in [1.165, 1.54) is 22.8 Å². The standard InChI is InChI=1S/C21H21ClF3N3O3.H2/c1-26-10-11-28-15(18(30)21(23,24)25)4-5-17(28)20(26)6-8-27(9-7-20)19(31)13-2-3-14(22)16(29)12-13;/h2-5,12,29H,6-11H2,1H3;1H. The Labute approximate surface area is 183 Å². The van der Waals surface area contributed by atoms with Crippen LogP contribution < -0.4 is 0 Å². The van der Waals surface area contributed by atoms with E-state index in [9.17, 15) is 27.9 Å². The number of carbonyl (C=O) groups excluding carboxylic acids is 2. The predicted octanol–water partition coefficient (Wildman–Crippen LogP) is 3.92. The number of likely N-dealkylation sites (N-methyl/N-ethyl adjacent to an activating group) is 1. The Morgan fingerprint density at radius 3 is 2.39 bits per heavy atom. The summed E-state index contributed by atoms with van der Waals surface area (Å²) in [6, 6.07) is 7.17. The highest BCUT2D eigenvalue weighted by Gasteiger charge is 2.47. The van der Waals surface area contributed by atoms with Gasteiger partial charge in [-0.3, -0.25) is 14.5 Å². The highest BCUT2D eigenvalue weighted by Crippen LogP contribution is 2.42. The number of phenols is 1. The van der Waals surface area contributed by atoms with Crippen LogP contribution >= 0.6 is 11.6 Å².